The largest absolute Gasteiger partial charge is 0.381 e. The SMILES string of the molecule is CC1(C)CC(C2CCOCC2)CN1. The second-order valence-electron chi connectivity index (χ2n) is 5.18. The fourth-order valence-corrected chi connectivity index (χ4v) is 2.73. The summed E-state index contributed by atoms with van der Waals surface area (Å²) in [5.41, 5.74) is 0.378. The first-order chi connectivity index (χ1) is 6.17. The van der Waals surface area contributed by atoms with Crippen LogP contribution < -0.4 is 5.32 Å². The number of nitrogens with one attached hydrogen (secondary N) is 1. The topological polar surface area (TPSA) is 21.3 Å². The minimum absolute atomic E-state index is 0.378. The summed E-state index contributed by atoms with van der Waals surface area (Å²) in [7, 11) is 0. The van der Waals surface area contributed by atoms with Crippen LogP contribution in [0, 0.1) is 11.8 Å². The van der Waals surface area contributed by atoms with Crippen LogP contribution in [-0.4, -0.2) is 25.3 Å². The van der Waals surface area contributed by atoms with Crippen LogP contribution in [0.25, 0.3) is 0 Å². The first-order valence-corrected chi connectivity index (χ1v) is 5.50. The lowest BCUT2D eigenvalue weighted by molar-refractivity contribution is 0.0488. The molecular formula is C11H21NO. The van der Waals surface area contributed by atoms with Gasteiger partial charge in [-0.25, -0.2) is 0 Å². The number of hydrogen-bond acceptors (Lipinski definition) is 2. The highest BCUT2D eigenvalue weighted by atomic mass is 16.5. The fourth-order valence-electron chi connectivity index (χ4n) is 2.73. The molecule has 2 aliphatic heterocycles. The van der Waals surface area contributed by atoms with Crippen molar-refractivity contribution < 1.29 is 4.74 Å². The molecular weight excluding hydrogens is 162 g/mol. The molecule has 0 spiro atoms. The Balaban J connectivity index is 1.87. The summed E-state index contributed by atoms with van der Waals surface area (Å²) in [5, 5.41) is 3.60. The highest BCUT2D eigenvalue weighted by molar-refractivity contribution is 4.92. The Morgan fingerprint density at radius 2 is 1.85 bits per heavy atom. The third-order valence-corrected chi connectivity index (χ3v) is 3.55. The Morgan fingerprint density at radius 1 is 1.15 bits per heavy atom. The summed E-state index contributed by atoms with van der Waals surface area (Å²) >= 11 is 0. The molecule has 0 radical (unpaired) electrons. The second kappa shape index (κ2) is 3.58. The van der Waals surface area contributed by atoms with Crippen LogP contribution in [0.2, 0.25) is 0 Å². The van der Waals surface area contributed by atoms with Gasteiger partial charge in [0.05, 0.1) is 0 Å². The molecule has 2 rings (SSSR count). The van der Waals surface area contributed by atoms with Crippen molar-refractivity contribution in [3.63, 3.8) is 0 Å². The summed E-state index contributed by atoms with van der Waals surface area (Å²) in [6, 6.07) is 0. The van der Waals surface area contributed by atoms with Crippen molar-refractivity contribution in [3.05, 3.63) is 0 Å². The molecule has 1 atom stereocenters. The molecule has 0 aromatic rings. The van der Waals surface area contributed by atoms with Gasteiger partial charge in [0.1, 0.15) is 0 Å². The van der Waals surface area contributed by atoms with Gasteiger partial charge in [0.15, 0.2) is 0 Å². The fraction of sp³-hybridized carbons (Fsp3) is 1.00. The molecule has 2 heteroatoms. The van der Waals surface area contributed by atoms with E-state index in [1.165, 1.54) is 25.8 Å². The zero-order valence-electron chi connectivity index (χ0n) is 8.81. The second-order valence-corrected chi connectivity index (χ2v) is 5.18. The van der Waals surface area contributed by atoms with Crippen LogP contribution in [0.1, 0.15) is 33.1 Å². The van der Waals surface area contributed by atoms with Crippen molar-refractivity contribution in [1.82, 2.24) is 5.32 Å². The molecule has 0 bridgehead atoms. The van der Waals surface area contributed by atoms with E-state index in [-0.39, 0.29) is 0 Å². The van der Waals surface area contributed by atoms with Crippen molar-refractivity contribution in [2.24, 2.45) is 11.8 Å². The molecule has 2 heterocycles. The third kappa shape index (κ3) is 2.23. The van der Waals surface area contributed by atoms with Gasteiger partial charge in [0, 0.05) is 18.8 Å². The maximum Gasteiger partial charge on any atom is 0.0468 e. The number of hydrogen-bond donors (Lipinski definition) is 1. The van der Waals surface area contributed by atoms with E-state index in [0.29, 0.717) is 5.54 Å². The van der Waals surface area contributed by atoms with Crippen LogP contribution in [0.15, 0.2) is 0 Å². The molecule has 2 nitrogen and oxygen atoms in total. The highest BCUT2D eigenvalue weighted by Crippen LogP contribution is 2.33. The van der Waals surface area contributed by atoms with E-state index < -0.39 is 0 Å². The molecule has 0 saturated carbocycles. The van der Waals surface area contributed by atoms with Gasteiger partial charge in [0.2, 0.25) is 0 Å². The number of rotatable bonds is 1. The van der Waals surface area contributed by atoms with Crippen molar-refractivity contribution >= 4 is 0 Å². The van der Waals surface area contributed by atoms with Crippen molar-refractivity contribution in [3.8, 4) is 0 Å². The van der Waals surface area contributed by atoms with Crippen LogP contribution >= 0.6 is 0 Å². The molecule has 0 aromatic heterocycles. The van der Waals surface area contributed by atoms with Crippen LogP contribution in [0.5, 0.6) is 0 Å². The highest BCUT2D eigenvalue weighted by Gasteiger charge is 2.35. The van der Waals surface area contributed by atoms with Gasteiger partial charge in [-0.05, 0) is 51.5 Å². The molecule has 2 fully saturated rings. The lowest BCUT2D eigenvalue weighted by atomic mass is 9.82. The van der Waals surface area contributed by atoms with E-state index in [1.807, 2.05) is 0 Å². The van der Waals surface area contributed by atoms with E-state index in [1.54, 1.807) is 0 Å². The lowest BCUT2D eigenvalue weighted by Gasteiger charge is -2.27. The van der Waals surface area contributed by atoms with E-state index in [9.17, 15) is 0 Å². The van der Waals surface area contributed by atoms with Crippen molar-refractivity contribution in [1.29, 1.82) is 0 Å². The first kappa shape index (κ1) is 9.47. The van der Waals surface area contributed by atoms with Crippen LogP contribution in [0.3, 0.4) is 0 Å². The predicted octanol–water partition coefficient (Wildman–Crippen LogP) is 1.80. The van der Waals surface area contributed by atoms with Crippen LogP contribution in [-0.2, 0) is 4.74 Å². The number of ether oxygens (including phenoxy) is 1. The average molecular weight is 183 g/mol. The van der Waals surface area contributed by atoms with E-state index in [2.05, 4.69) is 19.2 Å². The lowest BCUT2D eigenvalue weighted by Crippen LogP contribution is -2.31. The summed E-state index contributed by atoms with van der Waals surface area (Å²) < 4.78 is 5.39. The summed E-state index contributed by atoms with van der Waals surface area (Å²) in [4.78, 5) is 0. The summed E-state index contributed by atoms with van der Waals surface area (Å²) in [6.45, 7) is 7.82. The van der Waals surface area contributed by atoms with Gasteiger partial charge in [-0.1, -0.05) is 0 Å². The maximum absolute atomic E-state index is 5.39. The minimum atomic E-state index is 0.378. The molecule has 0 aliphatic carbocycles. The minimum Gasteiger partial charge on any atom is -0.381 e. The zero-order valence-corrected chi connectivity index (χ0v) is 8.81. The molecule has 1 N–H and O–H groups in total. The van der Waals surface area contributed by atoms with Gasteiger partial charge < -0.3 is 10.1 Å². The Hall–Kier alpha value is -0.0800. The van der Waals surface area contributed by atoms with Gasteiger partial charge in [-0.2, -0.15) is 0 Å². The molecule has 1 unspecified atom stereocenters. The smallest absolute Gasteiger partial charge is 0.0468 e. The van der Waals surface area contributed by atoms with E-state index in [4.69, 9.17) is 4.74 Å². The Labute approximate surface area is 81.0 Å². The summed E-state index contributed by atoms with van der Waals surface area (Å²) in [5.74, 6) is 1.82. The predicted molar refractivity (Wildman–Crippen MR) is 53.7 cm³/mol. The third-order valence-electron chi connectivity index (χ3n) is 3.55. The normalized spacial score (nSPS) is 35.1. The molecule has 76 valence electrons. The maximum atomic E-state index is 5.39. The van der Waals surface area contributed by atoms with E-state index >= 15 is 0 Å². The molecule has 13 heavy (non-hydrogen) atoms. The first-order valence-electron chi connectivity index (χ1n) is 5.50. The van der Waals surface area contributed by atoms with Gasteiger partial charge in [0.25, 0.3) is 0 Å². The zero-order chi connectivity index (χ0) is 9.31. The monoisotopic (exact) mass is 183 g/mol. The molecule has 0 amide bonds. The van der Waals surface area contributed by atoms with Crippen molar-refractivity contribution in [2.45, 2.75) is 38.6 Å². The average Bonchev–Trinajstić information content (AvgIpc) is 2.48. The standard InChI is InChI=1S/C11H21NO/c1-11(2)7-10(8-12-11)9-3-5-13-6-4-9/h9-10,12H,3-8H2,1-2H3. The molecule has 2 aliphatic rings. The molecule has 2 saturated heterocycles. The van der Waals surface area contributed by atoms with Crippen LogP contribution in [0.4, 0.5) is 0 Å². The van der Waals surface area contributed by atoms with Gasteiger partial charge >= 0.3 is 0 Å². The molecule has 0 aromatic carbocycles. The van der Waals surface area contributed by atoms with Crippen molar-refractivity contribution in [2.75, 3.05) is 19.8 Å². The summed E-state index contributed by atoms with van der Waals surface area (Å²) in [6.07, 6.45) is 3.91. The Kier molecular flexibility index (Phi) is 2.61. The Bertz CT molecular complexity index is 173. The van der Waals surface area contributed by atoms with Gasteiger partial charge in [-0.3, -0.25) is 0 Å². The quantitative estimate of drug-likeness (QED) is 0.669. The van der Waals surface area contributed by atoms with Gasteiger partial charge in [-0.15, -0.1) is 0 Å². The Morgan fingerprint density at radius 3 is 2.38 bits per heavy atom. The van der Waals surface area contributed by atoms with E-state index in [0.717, 1.165) is 25.0 Å².